The maximum atomic E-state index is 13.1. The predicted molar refractivity (Wildman–Crippen MR) is 125 cm³/mol. The summed E-state index contributed by atoms with van der Waals surface area (Å²) in [4.78, 5) is 15.0. The SMILES string of the molecule is COc1cc(OC)c(OC)cc1CNC(=O)N(CCc1ccccc1)Cc1ccccc1. The predicted octanol–water partition coefficient (Wildman–Crippen LogP) is 4.67. The van der Waals surface area contributed by atoms with Gasteiger partial charge in [-0.3, -0.25) is 0 Å². The molecule has 0 atom stereocenters. The van der Waals surface area contributed by atoms with E-state index in [2.05, 4.69) is 17.4 Å². The van der Waals surface area contributed by atoms with Crippen molar-refractivity contribution in [2.45, 2.75) is 19.5 Å². The Bertz CT molecular complexity index is 993. The third kappa shape index (κ3) is 6.17. The number of nitrogens with one attached hydrogen (secondary N) is 1. The average molecular weight is 435 g/mol. The molecule has 0 spiro atoms. The molecular formula is C26H30N2O4. The number of carbonyl (C=O) groups is 1. The molecule has 168 valence electrons. The van der Waals surface area contributed by atoms with Crippen LogP contribution in [-0.4, -0.2) is 38.8 Å². The molecule has 0 fully saturated rings. The second-order valence-corrected chi connectivity index (χ2v) is 7.32. The molecule has 3 rings (SSSR count). The van der Waals surface area contributed by atoms with Crippen LogP contribution >= 0.6 is 0 Å². The van der Waals surface area contributed by atoms with Crippen molar-refractivity contribution >= 4 is 6.03 Å². The van der Waals surface area contributed by atoms with E-state index < -0.39 is 0 Å². The average Bonchev–Trinajstić information content (AvgIpc) is 2.85. The summed E-state index contributed by atoms with van der Waals surface area (Å²) in [5.74, 6) is 1.79. The fourth-order valence-corrected chi connectivity index (χ4v) is 3.48. The zero-order chi connectivity index (χ0) is 22.8. The first-order valence-electron chi connectivity index (χ1n) is 10.5. The number of benzene rings is 3. The van der Waals surface area contributed by atoms with Crippen LogP contribution in [0, 0.1) is 0 Å². The number of hydrogen-bond acceptors (Lipinski definition) is 4. The molecule has 32 heavy (non-hydrogen) atoms. The fraction of sp³-hybridized carbons (Fsp3) is 0.269. The van der Waals surface area contributed by atoms with Gasteiger partial charge >= 0.3 is 6.03 Å². The van der Waals surface area contributed by atoms with Crippen LogP contribution in [0.3, 0.4) is 0 Å². The van der Waals surface area contributed by atoms with E-state index in [-0.39, 0.29) is 6.03 Å². The third-order valence-corrected chi connectivity index (χ3v) is 5.23. The van der Waals surface area contributed by atoms with Gasteiger partial charge in [-0.15, -0.1) is 0 Å². The first-order valence-corrected chi connectivity index (χ1v) is 10.5. The lowest BCUT2D eigenvalue weighted by Crippen LogP contribution is -2.40. The zero-order valence-electron chi connectivity index (χ0n) is 18.8. The molecule has 1 N–H and O–H groups in total. The van der Waals surface area contributed by atoms with Gasteiger partial charge in [0.05, 0.1) is 21.3 Å². The molecule has 0 unspecified atom stereocenters. The van der Waals surface area contributed by atoms with Crippen molar-refractivity contribution in [2.75, 3.05) is 27.9 Å². The Labute approximate surface area is 189 Å². The zero-order valence-corrected chi connectivity index (χ0v) is 18.8. The number of urea groups is 1. The Morgan fingerprint density at radius 3 is 1.94 bits per heavy atom. The van der Waals surface area contributed by atoms with Gasteiger partial charge in [-0.1, -0.05) is 60.7 Å². The van der Waals surface area contributed by atoms with Crippen molar-refractivity contribution in [2.24, 2.45) is 0 Å². The number of nitrogens with zero attached hydrogens (tertiary/aromatic N) is 1. The maximum absolute atomic E-state index is 13.1. The maximum Gasteiger partial charge on any atom is 0.317 e. The topological polar surface area (TPSA) is 60.0 Å². The van der Waals surface area contributed by atoms with Crippen LogP contribution in [0.4, 0.5) is 4.79 Å². The fourth-order valence-electron chi connectivity index (χ4n) is 3.48. The smallest absolute Gasteiger partial charge is 0.317 e. The van der Waals surface area contributed by atoms with Crippen LogP contribution in [0.2, 0.25) is 0 Å². The summed E-state index contributed by atoms with van der Waals surface area (Å²) in [5.41, 5.74) is 3.08. The molecule has 0 heterocycles. The van der Waals surface area contributed by atoms with E-state index in [1.807, 2.05) is 59.5 Å². The van der Waals surface area contributed by atoms with Crippen LogP contribution < -0.4 is 19.5 Å². The molecule has 0 aliphatic heterocycles. The summed E-state index contributed by atoms with van der Waals surface area (Å²) in [6.45, 7) is 1.44. The minimum atomic E-state index is -0.137. The largest absolute Gasteiger partial charge is 0.496 e. The number of methoxy groups -OCH3 is 3. The van der Waals surface area contributed by atoms with E-state index >= 15 is 0 Å². The van der Waals surface area contributed by atoms with Gasteiger partial charge in [0.15, 0.2) is 11.5 Å². The van der Waals surface area contributed by atoms with Crippen molar-refractivity contribution in [3.8, 4) is 17.2 Å². The van der Waals surface area contributed by atoms with Crippen LogP contribution in [0.1, 0.15) is 16.7 Å². The quantitative estimate of drug-likeness (QED) is 0.504. The minimum Gasteiger partial charge on any atom is -0.496 e. The lowest BCUT2D eigenvalue weighted by Gasteiger charge is -2.24. The van der Waals surface area contributed by atoms with Crippen molar-refractivity contribution in [1.82, 2.24) is 10.2 Å². The highest BCUT2D eigenvalue weighted by Gasteiger charge is 2.17. The number of rotatable bonds is 10. The summed E-state index contributed by atoms with van der Waals surface area (Å²) >= 11 is 0. The van der Waals surface area contributed by atoms with Gasteiger partial charge in [0.1, 0.15) is 5.75 Å². The molecule has 0 radical (unpaired) electrons. The summed E-state index contributed by atoms with van der Waals surface area (Å²) < 4.78 is 16.2. The molecule has 0 saturated carbocycles. The Balaban J connectivity index is 1.72. The van der Waals surface area contributed by atoms with Crippen LogP contribution in [0.25, 0.3) is 0 Å². The number of amides is 2. The summed E-state index contributed by atoms with van der Waals surface area (Å²) in [5, 5.41) is 3.03. The van der Waals surface area contributed by atoms with Gasteiger partial charge in [0.2, 0.25) is 0 Å². The third-order valence-electron chi connectivity index (χ3n) is 5.23. The molecule has 0 aromatic heterocycles. The summed E-state index contributed by atoms with van der Waals surface area (Å²) in [6.07, 6.45) is 0.779. The molecule has 2 amide bonds. The van der Waals surface area contributed by atoms with Crippen molar-refractivity contribution in [3.63, 3.8) is 0 Å². The van der Waals surface area contributed by atoms with Crippen LogP contribution in [-0.2, 0) is 19.5 Å². The molecule has 0 aliphatic rings. The Kier molecular flexibility index (Phi) is 8.37. The second kappa shape index (κ2) is 11.6. The van der Waals surface area contributed by atoms with Gasteiger partial charge in [0, 0.05) is 31.3 Å². The number of ether oxygens (including phenoxy) is 3. The molecule has 0 aliphatic carbocycles. The van der Waals surface area contributed by atoms with Gasteiger partial charge in [-0.2, -0.15) is 0 Å². The van der Waals surface area contributed by atoms with E-state index in [0.29, 0.717) is 36.9 Å². The summed E-state index contributed by atoms with van der Waals surface area (Å²) in [6, 6.07) is 23.6. The highest BCUT2D eigenvalue weighted by atomic mass is 16.5. The van der Waals surface area contributed by atoms with Gasteiger partial charge < -0.3 is 24.4 Å². The second-order valence-electron chi connectivity index (χ2n) is 7.32. The molecule has 3 aromatic rings. The highest BCUT2D eigenvalue weighted by Crippen LogP contribution is 2.34. The summed E-state index contributed by atoms with van der Waals surface area (Å²) in [7, 11) is 4.75. The van der Waals surface area contributed by atoms with Gasteiger partial charge in [-0.25, -0.2) is 4.79 Å². The first kappa shape index (κ1) is 23.0. The Morgan fingerprint density at radius 2 is 1.34 bits per heavy atom. The highest BCUT2D eigenvalue weighted by molar-refractivity contribution is 5.74. The molecular weight excluding hydrogens is 404 g/mol. The molecule has 0 saturated heterocycles. The van der Waals surface area contributed by atoms with Crippen LogP contribution in [0.5, 0.6) is 17.2 Å². The minimum absolute atomic E-state index is 0.137. The van der Waals surface area contributed by atoms with E-state index in [9.17, 15) is 4.79 Å². The number of carbonyl (C=O) groups excluding carboxylic acids is 1. The lowest BCUT2D eigenvalue weighted by molar-refractivity contribution is 0.195. The Morgan fingerprint density at radius 1 is 0.781 bits per heavy atom. The lowest BCUT2D eigenvalue weighted by atomic mass is 10.1. The molecule has 6 nitrogen and oxygen atoms in total. The van der Waals surface area contributed by atoms with E-state index in [0.717, 1.165) is 17.5 Å². The van der Waals surface area contributed by atoms with Crippen LogP contribution in [0.15, 0.2) is 72.8 Å². The molecule has 3 aromatic carbocycles. The molecule has 0 bridgehead atoms. The van der Waals surface area contributed by atoms with E-state index in [1.54, 1.807) is 27.4 Å². The van der Waals surface area contributed by atoms with Gasteiger partial charge in [-0.05, 0) is 23.6 Å². The van der Waals surface area contributed by atoms with Gasteiger partial charge in [0.25, 0.3) is 0 Å². The normalized spacial score (nSPS) is 10.3. The Hall–Kier alpha value is -3.67. The van der Waals surface area contributed by atoms with E-state index in [1.165, 1.54) is 5.56 Å². The van der Waals surface area contributed by atoms with Crippen molar-refractivity contribution in [1.29, 1.82) is 0 Å². The standard InChI is InChI=1S/C26H30N2O4/c1-30-23-17-25(32-3)24(31-2)16-22(23)18-27-26(29)28(19-21-12-8-5-9-13-21)15-14-20-10-6-4-7-11-20/h4-13,16-17H,14-15,18-19H2,1-3H3,(H,27,29). The first-order chi connectivity index (χ1) is 15.6. The monoisotopic (exact) mass is 434 g/mol. The molecule has 6 heteroatoms. The van der Waals surface area contributed by atoms with E-state index in [4.69, 9.17) is 14.2 Å². The van der Waals surface area contributed by atoms with Crippen molar-refractivity contribution in [3.05, 3.63) is 89.5 Å². The van der Waals surface area contributed by atoms with Crippen molar-refractivity contribution < 1.29 is 19.0 Å². The number of hydrogen-bond donors (Lipinski definition) is 1.